The van der Waals surface area contributed by atoms with E-state index < -0.39 is 0 Å². The summed E-state index contributed by atoms with van der Waals surface area (Å²) in [6.07, 6.45) is 0. The van der Waals surface area contributed by atoms with Crippen LogP contribution in [0, 0.1) is 0 Å². The average molecular weight is 1730 g/mol. The molecule has 0 aliphatic carbocycles. The van der Waals surface area contributed by atoms with Crippen molar-refractivity contribution < 1.29 is 341 Å². The predicted molar refractivity (Wildman–Crippen MR) is 127 cm³/mol. The molecule has 0 amide bonds. The summed E-state index contributed by atoms with van der Waals surface area (Å²) in [5.41, 5.74) is 0. The van der Waals surface area contributed by atoms with Crippen molar-refractivity contribution in [2.75, 3.05) is 0 Å². The van der Waals surface area contributed by atoms with Crippen LogP contribution >= 0.6 is 0 Å². The van der Waals surface area contributed by atoms with E-state index in [-0.39, 0.29) is 583 Å². The molecule has 0 saturated heterocycles. The molecule has 0 aromatic carbocycles. The van der Waals surface area contributed by atoms with Gasteiger partial charge in [0.15, 0.2) is 0 Å². The van der Waals surface area contributed by atoms with Crippen molar-refractivity contribution in [1.29, 1.82) is 0 Å². The van der Waals surface area contributed by atoms with Crippen LogP contribution in [0.3, 0.4) is 0 Å². The fourth-order valence-electron chi connectivity index (χ4n) is 0. The summed E-state index contributed by atoms with van der Waals surface area (Å²) in [6, 6.07) is 0. The van der Waals surface area contributed by atoms with Gasteiger partial charge in [0.25, 0.3) is 0 Å². The summed E-state index contributed by atoms with van der Waals surface area (Å²) < 4.78 is 0. The Bertz CT molecular complexity index is 41.9. The van der Waals surface area contributed by atoms with Gasteiger partial charge < -0.3 is 0 Å². The first kappa shape index (κ1) is 784. The first-order valence-corrected chi connectivity index (χ1v) is 0. The minimum absolute atomic E-state index is 0. The van der Waals surface area contributed by atoms with Gasteiger partial charge in [0.05, 0.1) is 0 Å². The Labute approximate surface area is 570 Å². The molecule has 0 aliphatic heterocycles. The molecule has 42 heavy (non-hydrogen) atoms. The average Bonchev–Trinajstić information content (AvgIpc) is 0. The van der Waals surface area contributed by atoms with E-state index in [1.54, 1.807) is 0 Å². The molecule has 88 radical (unpaired) electrons. The minimum Gasteiger partial charge on any atom is 0 e. The van der Waals surface area contributed by atoms with Crippen LogP contribution in [-0.4, -0.2) is 241 Å². The molecule has 0 aromatic heterocycles. The number of hydrogen-bond donors (Lipinski definition) is 0. The van der Waals surface area contributed by atoms with Gasteiger partial charge in [-0.3, -0.25) is 0 Å². The van der Waals surface area contributed by atoms with E-state index in [4.69, 9.17) is 0 Å². The third-order valence-corrected chi connectivity index (χ3v) is 0. The van der Waals surface area contributed by atoms with Crippen molar-refractivity contribution in [3.05, 3.63) is 0 Å². The molecule has 0 heterocycles. The van der Waals surface area contributed by atoms with E-state index in [0.717, 1.165) is 0 Å². The molecule has 0 saturated carbocycles. The first-order chi connectivity index (χ1) is 0. The molecule has 0 bridgehead atoms. The minimum atomic E-state index is 0. The number of hydrogen-bond acceptors (Lipinski definition) is 0. The summed E-state index contributed by atoms with van der Waals surface area (Å²) in [7, 11) is 0. The summed E-state index contributed by atoms with van der Waals surface area (Å²) in [6.45, 7) is 0. The smallest absolute Gasteiger partial charge is 0 e. The molecule has 0 unspecified atom stereocenters. The maximum Gasteiger partial charge on any atom is 0 e. The largest absolute Gasteiger partial charge is 0 e. The molecule has 248 valence electrons. The van der Waals surface area contributed by atoms with Gasteiger partial charge in [0, 0.05) is 583 Å². The molecular weight excluding hydrogens is 1730 g/mol. The van der Waals surface area contributed by atoms with E-state index in [1.165, 1.54) is 0 Å². The zero-order valence-corrected chi connectivity index (χ0v) is 62.2. The van der Waals surface area contributed by atoms with Crippen LogP contribution in [0.25, 0.3) is 0 Å². The van der Waals surface area contributed by atoms with E-state index in [0.29, 0.717) is 0 Å². The quantitative estimate of drug-likeness (QED) is 0.212. The van der Waals surface area contributed by atoms with E-state index in [2.05, 4.69) is 0 Å². The van der Waals surface area contributed by atoms with Crippen LogP contribution in [0.5, 0.6) is 0 Å². The van der Waals surface area contributed by atoms with Crippen LogP contribution in [0.2, 0.25) is 0 Å². The fourth-order valence-corrected chi connectivity index (χ4v) is 0. The zero-order valence-electron chi connectivity index (χ0n) is 18.1. The molecule has 0 nitrogen and oxygen atoms in total. The van der Waals surface area contributed by atoms with Gasteiger partial charge in [-0.05, 0) is 0 Å². The van der Waals surface area contributed by atoms with Gasteiger partial charge in [0.1, 0.15) is 0 Å². The summed E-state index contributed by atoms with van der Waals surface area (Å²) in [4.78, 5) is 0. The van der Waals surface area contributed by atoms with E-state index in [1.807, 2.05) is 0 Å². The monoisotopic (exact) mass is 1730 g/mol. The van der Waals surface area contributed by atoms with Crippen molar-refractivity contribution in [2.45, 2.75) is 0 Å². The predicted octanol–water partition coefficient (Wildman–Crippen LogP) is -8.43. The Kier molecular flexibility index (Phi) is 13900. The van der Waals surface area contributed by atoms with Gasteiger partial charge in [-0.2, -0.15) is 0 Å². The number of rotatable bonds is 0. The Balaban J connectivity index is 0. The molecule has 0 atom stereocenters. The molecular formula is Fe20Si22. The third-order valence-electron chi connectivity index (χ3n) is 0. The van der Waals surface area contributed by atoms with Crippen molar-refractivity contribution >= 4 is 241 Å². The maximum atomic E-state index is 0. The second kappa shape index (κ2) is 743. The Morgan fingerprint density at radius 3 is 0.0476 bits per heavy atom. The zero-order chi connectivity index (χ0) is 0. The Morgan fingerprint density at radius 1 is 0.0476 bits per heavy atom. The van der Waals surface area contributed by atoms with Gasteiger partial charge in [-0.25, -0.2) is 0 Å². The molecule has 0 N–H and O–H groups in total. The maximum absolute atomic E-state index is 0. The summed E-state index contributed by atoms with van der Waals surface area (Å²) in [5, 5.41) is 0. The van der Waals surface area contributed by atoms with E-state index >= 15 is 0 Å². The topological polar surface area (TPSA) is 0 Å². The van der Waals surface area contributed by atoms with Crippen molar-refractivity contribution in [2.24, 2.45) is 0 Å². The van der Waals surface area contributed by atoms with Crippen molar-refractivity contribution in [3.63, 3.8) is 0 Å². The molecule has 0 aromatic rings. The molecule has 0 aliphatic rings. The van der Waals surface area contributed by atoms with Crippen LogP contribution in [0.15, 0.2) is 0 Å². The van der Waals surface area contributed by atoms with Crippen molar-refractivity contribution in [1.82, 2.24) is 0 Å². The van der Waals surface area contributed by atoms with Crippen LogP contribution in [0.4, 0.5) is 0 Å². The Morgan fingerprint density at radius 2 is 0.0476 bits per heavy atom. The molecule has 0 spiro atoms. The standard InChI is InChI=1S/20Fe.22Si. The second-order valence-electron chi connectivity index (χ2n) is 0. The van der Waals surface area contributed by atoms with Gasteiger partial charge in [0.2, 0.25) is 0 Å². The fraction of sp³-hybridized carbons (Fsp3) is 0. The van der Waals surface area contributed by atoms with Crippen molar-refractivity contribution in [3.8, 4) is 0 Å². The van der Waals surface area contributed by atoms with Gasteiger partial charge >= 0.3 is 0 Å². The third kappa shape index (κ3) is 704. The first-order valence-electron chi connectivity index (χ1n) is 0. The summed E-state index contributed by atoms with van der Waals surface area (Å²) in [5.74, 6) is 0. The van der Waals surface area contributed by atoms with Gasteiger partial charge in [-0.1, -0.05) is 0 Å². The summed E-state index contributed by atoms with van der Waals surface area (Å²) >= 11 is 0. The molecule has 0 fully saturated rings. The Hall–Kier alpha value is 15.2. The SMILES string of the molecule is [Fe].[Fe].[Fe].[Fe].[Fe].[Fe].[Fe].[Fe].[Fe].[Fe].[Fe].[Fe].[Fe].[Fe].[Fe].[Fe].[Fe].[Fe].[Fe].[Fe].[Si].[Si].[Si].[Si].[Si].[Si].[Si].[Si].[Si].[Si].[Si].[Si].[Si].[Si].[Si].[Si].[Si].[Si].[Si].[Si].[Si].[Si]. The van der Waals surface area contributed by atoms with E-state index in [9.17, 15) is 0 Å². The van der Waals surface area contributed by atoms with Gasteiger partial charge in [-0.15, -0.1) is 0 Å². The van der Waals surface area contributed by atoms with Crippen LogP contribution < -0.4 is 0 Å². The molecule has 0 rings (SSSR count). The van der Waals surface area contributed by atoms with Crippen LogP contribution in [-0.2, 0) is 341 Å². The van der Waals surface area contributed by atoms with Crippen LogP contribution in [0.1, 0.15) is 0 Å². The normalized spacial score (nSPS) is 0. The molecule has 42 heteroatoms. The second-order valence-corrected chi connectivity index (χ2v) is 0.